The van der Waals surface area contributed by atoms with Gasteiger partial charge in [-0.25, -0.2) is 9.18 Å². The van der Waals surface area contributed by atoms with E-state index < -0.39 is 0 Å². The molecule has 9 heteroatoms. The van der Waals surface area contributed by atoms with Crippen LogP contribution in [0, 0.1) is 5.82 Å². The SMILES string of the molecule is O=C(Nc1cc(Cl)ccc1Cl)N1CCCC(c2nc(-c3ccc(F)cc3)no2)C1. The fraction of sp³-hybridized carbons (Fsp3) is 0.250. The summed E-state index contributed by atoms with van der Waals surface area (Å²) < 4.78 is 18.5. The molecule has 1 aliphatic heterocycles. The molecule has 1 fully saturated rings. The number of amides is 2. The van der Waals surface area contributed by atoms with Crippen LogP contribution in [0.1, 0.15) is 24.7 Å². The Morgan fingerprint density at radius 2 is 2.00 bits per heavy atom. The number of nitrogens with zero attached hydrogens (tertiary/aromatic N) is 3. The average Bonchev–Trinajstić information content (AvgIpc) is 3.22. The molecule has 1 N–H and O–H groups in total. The summed E-state index contributed by atoms with van der Waals surface area (Å²) in [5.41, 5.74) is 1.13. The molecule has 1 aromatic heterocycles. The molecular formula is C20H17Cl2FN4O2. The fourth-order valence-corrected chi connectivity index (χ4v) is 3.60. The van der Waals surface area contributed by atoms with Crippen molar-refractivity contribution in [3.63, 3.8) is 0 Å². The van der Waals surface area contributed by atoms with E-state index in [0.717, 1.165) is 12.8 Å². The molecule has 6 nitrogen and oxygen atoms in total. The molecule has 0 aliphatic carbocycles. The number of benzene rings is 2. The summed E-state index contributed by atoms with van der Waals surface area (Å²) >= 11 is 12.1. The van der Waals surface area contributed by atoms with Crippen molar-refractivity contribution >= 4 is 34.9 Å². The standard InChI is InChI=1S/C20H17Cl2FN4O2/c21-14-5-8-16(22)17(10-14)24-20(28)27-9-1-2-13(11-27)19-25-18(26-29-19)12-3-6-15(23)7-4-12/h3-8,10,13H,1-2,9,11H2,(H,24,28). The highest BCUT2D eigenvalue weighted by Crippen LogP contribution is 2.29. The van der Waals surface area contributed by atoms with E-state index in [1.165, 1.54) is 12.1 Å². The third kappa shape index (κ3) is 4.52. The number of halogens is 3. The lowest BCUT2D eigenvalue weighted by Gasteiger charge is -2.31. The van der Waals surface area contributed by atoms with E-state index in [9.17, 15) is 9.18 Å². The lowest BCUT2D eigenvalue weighted by molar-refractivity contribution is 0.184. The molecule has 1 saturated heterocycles. The van der Waals surface area contributed by atoms with E-state index in [2.05, 4.69) is 15.5 Å². The first-order valence-electron chi connectivity index (χ1n) is 9.10. The molecule has 2 heterocycles. The van der Waals surface area contributed by atoms with Crippen molar-refractivity contribution in [3.8, 4) is 11.4 Å². The van der Waals surface area contributed by atoms with E-state index in [4.69, 9.17) is 27.7 Å². The summed E-state index contributed by atoms with van der Waals surface area (Å²) in [6.07, 6.45) is 1.63. The summed E-state index contributed by atoms with van der Waals surface area (Å²) in [4.78, 5) is 18.8. The molecule has 0 saturated carbocycles. The van der Waals surface area contributed by atoms with Gasteiger partial charge in [-0.3, -0.25) is 0 Å². The summed E-state index contributed by atoms with van der Waals surface area (Å²) in [5.74, 6) is 0.451. The molecule has 2 aromatic carbocycles. The van der Waals surface area contributed by atoms with E-state index in [1.807, 2.05) is 0 Å². The first kappa shape index (κ1) is 19.7. The molecule has 0 spiro atoms. The predicted molar refractivity (Wildman–Crippen MR) is 109 cm³/mol. The maximum absolute atomic E-state index is 13.1. The Hall–Kier alpha value is -2.64. The summed E-state index contributed by atoms with van der Waals surface area (Å²) in [6.45, 7) is 1.05. The summed E-state index contributed by atoms with van der Waals surface area (Å²) in [5, 5.41) is 7.69. The second-order valence-electron chi connectivity index (χ2n) is 6.80. The Morgan fingerprint density at radius 3 is 2.79 bits per heavy atom. The summed E-state index contributed by atoms with van der Waals surface area (Å²) in [7, 11) is 0. The van der Waals surface area contributed by atoms with Gasteiger partial charge in [0.15, 0.2) is 0 Å². The van der Waals surface area contributed by atoms with Crippen LogP contribution in [0.5, 0.6) is 0 Å². The van der Waals surface area contributed by atoms with Crippen molar-refractivity contribution in [2.45, 2.75) is 18.8 Å². The van der Waals surface area contributed by atoms with Crippen molar-refractivity contribution in [2.24, 2.45) is 0 Å². The number of carbonyl (C=O) groups is 1. The predicted octanol–water partition coefficient (Wildman–Crippen LogP) is 5.59. The number of urea groups is 1. The monoisotopic (exact) mass is 434 g/mol. The number of hydrogen-bond acceptors (Lipinski definition) is 4. The zero-order chi connectivity index (χ0) is 20.4. The second kappa shape index (κ2) is 8.39. The van der Waals surface area contributed by atoms with Gasteiger partial charge in [-0.1, -0.05) is 28.4 Å². The van der Waals surface area contributed by atoms with Crippen molar-refractivity contribution in [1.82, 2.24) is 15.0 Å². The zero-order valence-electron chi connectivity index (χ0n) is 15.2. The van der Waals surface area contributed by atoms with Crippen LogP contribution in [0.2, 0.25) is 10.0 Å². The van der Waals surface area contributed by atoms with Crippen molar-refractivity contribution in [2.75, 3.05) is 18.4 Å². The van der Waals surface area contributed by atoms with Crippen LogP contribution < -0.4 is 5.32 Å². The molecule has 0 radical (unpaired) electrons. The first-order valence-corrected chi connectivity index (χ1v) is 9.86. The van der Waals surface area contributed by atoms with E-state index in [1.54, 1.807) is 35.2 Å². The second-order valence-corrected chi connectivity index (χ2v) is 7.65. The lowest BCUT2D eigenvalue weighted by atomic mass is 9.98. The normalized spacial score (nSPS) is 16.7. The maximum atomic E-state index is 13.1. The van der Waals surface area contributed by atoms with Gasteiger partial charge in [-0.2, -0.15) is 4.98 Å². The van der Waals surface area contributed by atoms with Crippen LogP contribution in [-0.4, -0.2) is 34.2 Å². The molecule has 150 valence electrons. The van der Waals surface area contributed by atoms with E-state index >= 15 is 0 Å². The Morgan fingerprint density at radius 1 is 1.21 bits per heavy atom. The van der Waals surface area contributed by atoms with Gasteiger partial charge in [-0.05, 0) is 55.3 Å². The summed E-state index contributed by atoms with van der Waals surface area (Å²) in [6, 6.07) is 10.5. The molecule has 1 atom stereocenters. The van der Waals surface area contributed by atoms with Gasteiger partial charge in [0.2, 0.25) is 11.7 Å². The highest BCUT2D eigenvalue weighted by molar-refractivity contribution is 6.35. The molecule has 4 rings (SSSR count). The van der Waals surface area contributed by atoms with Gasteiger partial charge in [0.05, 0.1) is 16.6 Å². The minimum absolute atomic E-state index is 0.0777. The smallest absolute Gasteiger partial charge is 0.321 e. The topological polar surface area (TPSA) is 71.3 Å². The number of rotatable bonds is 3. The highest BCUT2D eigenvalue weighted by atomic mass is 35.5. The Bertz CT molecular complexity index is 1030. The molecule has 3 aromatic rings. The van der Waals surface area contributed by atoms with Crippen LogP contribution in [0.3, 0.4) is 0 Å². The molecule has 1 unspecified atom stereocenters. The van der Waals surface area contributed by atoms with Crippen LogP contribution >= 0.6 is 23.2 Å². The van der Waals surface area contributed by atoms with E-state index in [-0.39, 0.29) is 17.8 Å². The van der Waals surface area contributed by atoms with Crippen molar-refractivity contribution in [1.29, 1.82) is 0 Å². The maximum Gasteiger partial charge on any atom is 0.321 e. The number of piperidine rings is 1. The number of anilines is 1. The molecular weight excluding hydrogens is 418 g/mol. The zero-order valence-corrected chi connectivity index (χ0v) is 16.8. The van der Waals surface area contributed by atoms with Gasteiger partial charge >= 0.3 is 6.03 Å². The van der Waals surface area contributed by atoms with Crippen LogP contribution in [0.4, 0.5) is 14.9 Å². The number of aromatic nitrogens is 2. The lowest BCUT2D eigenvalue weighted by Crippen LogP contribution is -2.41. The van der Waals surface area contributed by atoms with Gasteiger partial charge in [0, 0.05) is 23.7 Å². The van der Waals surface area contributed by atoms with Gasteiger partial charge in [-0.15, -0.1) is 0 Å². The molecule has 1 aliphatic rings. The van der Waals surface area contributed by atoms with Gasteiger partial charge < -0.3 is 14.7 Å². The van der Waals surface area contributed by atoms with Crippen molar-refractivity contribution < 1.29 is 13.7 Å². The largest absolute Gasteiger partial charge is 0.339 e. The number of nitrogens with one attached hydrogen (secondary N) is 1. The molecule has 29 heavy (non-hydrogen) atoms. The van der Waals surface area contributed by atoms with E-state index in [0.29, 0.717) is 46.1 Å². The average molecular weight is 435 g/mol. The third-order valence-electron chi connectivity index (χ3n) is 4.77. The first-order chi connectivity index (χ1) is 14.0. The minimum atomic E-state index is -0.328. The Kier molecular flexibility index (Phi) is 5.69. The fourth-order valence-electron chi connectivity index (χ4n) is 3.27. The number of hydrogen-bond donors (Lipinski definition) is 1. The number of likely N-dealkylation sites (tertiary alicyclic amines) is 1. The molecule has 2 amide bonds. The Labute approximate surface area is 176 Å². The van der Waals surface area contributed by atoms with Crippen molar-refractivity contribution in [3.05, 3.63) is 64.2 Å². The third-order valence-corrected chi connectivity index (χ3v) is 5.34. The van der Waals surface area contributed by atoms with Gasteiger partial charge in [0.25, 0.3) is 0 Å². The van der Waals surface area contributed by atoms with Crippen LogP contribution in [0.15, 0.2) is 47.0 Å². The van der Waals surface area contributed by atoms with Crippen LogP contribution in [-0.2, 0) is 0 Å². The Balaban J connectivity index is 1.45. The highest BCUT2D eigenvalue weighted by Gasteiger charge is 2.29. The molecule has 0 bridgehead atoms. The van der Waals surface area contributed by atoms with Crippen LogP contribution in [0.25, 0.3) is 11.4 Å². The minimum Gasteiger partial charge on any atom is -0.339 e. The number of carbonyl (C=O) groups excluding carboxylic acids is 1. The quantitative estimate of drug-likeness (QED) is 0.582. The van der Waals surface area contributed by atoms with Gasteiger partial charge in [0.1, 0.15) is 5.82 Å².